The molecular formula is C13H21N3O3S. The van der Waals surface area contributed by atoms with Gasteiger partial charge in [-0.2, -0.15) is 0 Å². The van der Waals surface area contributed by atoms with Crippen LogP contribution in [-0.4, -0.2) is 34.2 Å². The van der Waals surface area contributed by atoms with Gasteiger partial charge in [-0.1, -0.05) is 0 Å². The van der Waals surface area contributed by atoms with Gasteiger partial charge in [0, 0.05) is 20.2 Å². The summed E-state index contributed by atoms with van der Waals surface area (Å²) in [4.78, 5) is 2.13. The third kappa shape index (κ3) is 3.05. The number of nitrogen functional groups attached to an aromatic ring is 1. The monoisotopic (exact) mass is 299 g/mol. The second kappa shape index (κ2) is 5.23. The van der Waals surface area contributed by atoms with Gasteiger partial charge in [-0.15, -0.1) is 0 Å². The van der Waals surface area contributed by atoms with E-state index in [1.807, 2.05) is 6.92 Å². The average molecular weight is 299 g/mol. The molecule has 0 radical (unpaired) electrons. The lowest BCUT2D eigenvalue weighted by Crippen LogP contribution is -2.47. The Balaban J connectivity index is 2.37. The zero-order valence-corrected chi connectivity index (χ0v) is 12.6. The summed E-state index contributed by atoms with van der Waals surface area (Å²) in [5, 5.41) is 5.17. The van der Waals surface area contributed by atoms with Crippen LogP contribution >= 0.6 is 0 Å². The van der Waals surface area contributed by atoms with Gasteiger partial charge in [-0.05, 0) is 38.0 Å². The zero-order chi connectivity index (χ0) is 15.0. The molecule has 1 atom stereocenters. The Morgan fingerprint density at radius 2 is 2.10 bits per heavy atom. The lowest BCUT2D eigenvalue weighted by molar-refractivity contribution is -0.00462. The van der Waals surface area contributed by atoms with Crippen LogP contribution < -0.4 is 15.8 Å². The van der Waals surface area contributed by atoms with Crippen molar-refractivity contribution >= 4 is 21.4 Å². The number of rotatable bonds is 3. The number of primary sulfonamides is 1. The number of hydrogen-bond acceptors (Lipinski definition) is 5. The molecule has 1 heterocycles. The van der Waals surface area contributed by atoms with Crippen molar-refractivity contribution < 1.29 is 13.2 Å². The molecule has 0 spiro atoms. The first-order valence-electron chi connectivity index (χ1n) is 6.48. The normalized spacial score (nSPS) is 23.9. The number of nitrogens with two attached hydrogens (primary N) is 2. The van der Waals surface area contributed by atoms with Crippen LogP contribution in [0.2, 0.25) is 0 Å². The van der Waals surface area contributed by atoms with E-state index in [4.69, 9.17) is 15.6 Å². The predicted molar refractivity (Wildman–Crippen MR) is 79.1 cm³/mol. The molecule has 2 rings (SSSR count). The summed E-state index contributed by atoms with van der Waals surface area (Å²) in [6.45, 7) is 3.53. The van der Waals surface area contributed by atoms with Crippen molar-refractivity contribution in [2.75, 3.05) is 30.8 Å². The lowest BCUT2D eigenvalue weighted by Gasteiger charge is -2.41. The van der Waals surface area contributed by atoms with E-state index in [0.717, 1.165) is 19.4 Å². The van der Waals surface area contributed by atoms with Gasteiger partial charge in [0.15, 0.2) is 0 Å². The standard InChI is InChI=1S/C13H21N3O3S/c1-13(19-2)6-3-7-16(9-13)12-8-10(20(15,17)18)4-5-11(12)14/h4-5,8H,3,6-7,9,14H2,1-2H3,(H2,15,17,18). The topological polar surface area (TPSA) is 98.6 Å². The van der Waals surface area contributed by atoms with Crippen LogP contribution in [0, 0.1) is 0 Å². The van der Waals surface area contributed by atoms with Crippen molar-refractivity contribution in [1.29, 1.82) is 0 Å². The van der Waals surface area contributed by atoms with E-state index in [0.29, 0.717) is 17.9 Å². The van der Waals surface area contributed by atoms with E-state index in [9.17, 15) is 8.42 Å². The molecular weight excluding hydrogens is 278 g/mol. The zero-order valence-electron chi connectivity index (χ0n) is 11.8. The maximum absolute atomic E-state index is 11.5. The van der Waals surface area contributed by atoms with Gasteiger partial charge in [-0.25, -0.2) is 13.6 Å². The van der Waals surface area contributed by atoms with Crippen molar-refractivity contribution in [3.05, 3.63) is 18.2 Å². The highest BCUT2D eigenvalue weighted by molar-refractivity contribution is 7.89. The first-order chi connectivity index (χ1) is 9.25. The van der Waals surface area contributed by atoms with Crippen LogP contribution in [0.5, 0.6) is 0 Å². The Kier molecular flexibility index (Phi) is 3.95. The van der Waals surface area contributed by atoms with Crippen molar-refractivity contribution in [3.63, 3.8) is 0 Å². The highest BCUT2D eigenvalue weighted by atomic mass is 32.2. The van der Waals surface area contributed by atoms with Crippen LogP contribution in [0.3, 0.4) is 0 Å². The molecule has 1 unspecified atom stereocenters. The summed E-state index contributed by atoms with van der Waals surface area (Å²) in [5.74, 6) is 0. The number of hydrogen-bond donors (Lipinski definition) is 2. The van der Waals surface area contributed by atoms with Gasteiger partial charge >= 0.3 is 0 Å². The molecule has 7 heteroatoms. The largest absolute Gasteiger partial charge is 0.397 e. The highest BCUT2D eigenvalue weighted by Gasteiger charge is 2.31. The van der Waals surface area contributed by atoms with Crippen molar-refractivity contribution in [3.8, 4) is 0 Å². The number of methoxy groups -OCH3 is 1. The first-order valence-corrected chi connectivity index (χ1v) is 8.02. The van der Waals surface area contributed by atoms with E-state index in [-0.39, 0.29) is 10.5 Å². The van der Waals surface area contributed by atoms with E-state index in [2.05, 4.69) is 4.90 Å². The molecule has 4 N–H and O–H groups in total. The summed E-state index contributed by atoms with van der Waals surface area (Å²) in [7, 11) is -2.04. The van der Waals surface area contributed by atoms with Gasteiger partial charge in [0.25, 0.3) is 0 Å². The molecule has 0 bridgehead atoms. The molecule has 1 aromatic carbocycles. The fourth-order valence-electron chi connectivity index (χ4n) is 2.55. The summed E-state index contributed by atoms with van der Waals surface area (Å²) in [5.41, 5.74) is 6.96. The van der Waals surface area contributed by atoms with Crippen molar-refractivity contribution in [2.45, 2.75) is 30.3 Å². The van der Waals surface area contributed by atoms with Gasteiger partial charge in [0.2, 0.25) is 10.0 Å². The van der Waals surface area contributed by atoms with Crippen LogP contribution in [0.4, 0.5) is 11.4 Å². The fourth-order valence-corrected chi connectivity index (χ4v) is 3.09. The number of ether oxygens (including phenoxy) is 1. The number of anilines is 2. The van der Waals surface area contributed by atoms with Crippen molar-refractivity contribution in [2.24, 2.45) is 5.14 Å². The molecule has 6 nitrogen and oxygen atoms in total. The second-order valence-electron chi connectivity index (χ2n) is 5.44. The summed E-state index contributed by atoms with van der Waals surface area (Å²) in [6.07, 6.45) is 1.93. The maximum atomic E-state index is 11.5. The van der Waals surface area contributed by atoms with E-state index >= 15 is 0 Å². The minimum absolute atomic E-state index is 0.0754. The van der Waals surface area contributed by atoms with E-state index in [1.54, 1.807) is 13.2 Å². The molecule has 0 aromatic heterocycles. The molecule has 0 aliphatic carbocycles. The van der Waals surface area contributed by atoms with Gasteiger partial charge in [0.05, 0.1) is 21.9 Å². The molecule has 112 valence electrons. The molecule has 20 heavy (non-hydrogen) atoms. The smallest absolute Gasteiger partial charge is 0.238 e. The van der Waals surface area contributed by atoms with E-state index in [1.165, 1.54) is 12.1 Å². The molecule has 1 aliphatic heterocycles. The number of nitrogens with zero attached hydrogens (tertiary/aromatic N) is 1. The minimum atomic E-state index is -3.73. The minimum Gasteiger partial charge on any atom is -0.397 e. The Morgan fingerprint density at radius 3 is 2.70 bits per heavy atom. The summed E-state index contributed by atoms with van der Waals surface area (Å²) in [6, 6.07) is 4.54. The Bertz CT molecular complexity index is 603. The van der Waals surface area contributed by atoms with Gasteiger partial charge in [-0.3, -0.25) is 0 Å². The molecule has 0 saturated carbocycles. The summed E-state index contributed by atoms with van der Waals surface area (Å²) < 4.78 is 28.5. The quantitative estimate of drug-likeness (QED) is 0.809. The Hall–Kier alpha value is -1.31. The molecule has 1 aromatic rings. The third-order valence-electron chi connectivity index (χ3n) is 3.82. The highest BCUT2D eigenvalue weighted by Crippen LogP contribution is 2.32. The number of piperidine rings is 1. The van der Waals surface area contributed by atoms with Crippen LogP contribution in [0.1, 0.15) is 19.8 Å². The molecule has 1 fully saturated rings. The van der Waals surface area contributed by atoms with Crippen LogP contribution in [-0.2, 0) is 14.8 Å². The number of benzene rings is 1. The average Bonchev–Trinajstić information content (AvgIpc) is 2.38. The Labute approximate surface area is 119 Å². The molecule has 1 aliphatic rings. The van der Waals surface area contributed by atoms with Gasteiger partial charge in [0.1, 0.15) is 0 Å². The van der Waals surface area contributed by atoms with Gasteiger partial charge < -0.3 is 15.4 Å². The second-order valence-corrected chi connectivity index (χ2v) is 7.01. The lowest BCUT2D eigenvalue weighted by atomic mass is 9.94. The Morgan fingerprint density at radius 1 is 1.40 bits per heavy atom. The molecule has 1 saturated heterocycles. The van der Waals surface area contributed by atoms with Crippen LogP contribution in [0.25, 0.3) is 0 Å². The van der Waals surface area contributed by atoms with Crippen LogP contribution in [0.15, 0.2) is 23.1 Å². The third-order valence-corrected chi connectivity index (χ3v) is 4.73. The first kappa shape index (κ1) is 15.1. The number of sulfonamides is 1. The van der Waals surface area contributed by atoms with Crippen molar-refractivity contribution in [1.82, 2.24) is 0 Å². The fraction of sp³-hybridized carbons (Fsp3) is 0.538. The summed E-state index contributed by atoms with van der Waals surface area (Å²) >= 11 is 0. The maximum Gasteiger partial charge on any atom is 0.238 e. The van der Waals surface area contributed by atoms with E-state index < -0.39 is 10.0 Å². The SMILES string of the molecule is COC1(C)CCCN(c2cc(S(N)(=O)=O)ccc2N)C1. The molecule has 0 amide bonds. The predicted octanol–water partition coefficient (Wildman–Crippen LogP) is 0.922.